The summed E-state index contributed by atoms with van der Waals surface area (Å²) in [7, 11) is -3.77. The molecule has 0 bridgehead atoms. The van der Waals surface area contributed by atoms with Gasteiger partial charge in [-0.3, -0.25) is 9.52 Å². The fourth-order valence-corrected chi connectivity index (χ4v) is 5.42. The Balaban J connectivity index is 1.56. The van der Waals surface area contributed by atoms with Crippen LogP contribution in [0.4, 0.5) is 5.69 Å². The standard InChI is InChI=1S/C22H19Cl3N2O3S2/c23-16-7-6-15(21(25)12-16)14-31-11-10-26-22(28)19-13-17(8-9-20(19)24)27-32(29,30)18-4-2-1-3-5-18/h1-9,12-13,27H,10-11,14H2,(H,26,28). The third-order valence-corrected chi connectivity index (χ3v) is 7.64. The second kappa shape index (κ2) is 11.3. The summed E-state index contributed by atoms with van der Waals surface area (Å²) in [6, 6.07) is 17.7. The molecule has 0 aromatic heterocycles. The predicted octanol–water partition coefficient (Wildman–Crippen LogP) is 6.11. The first-order valence-electron chi connectivity index (χ1n) is 9.43. The number of amides is 1. The third-order valence-electron chi connectivity index (χ3n) is 4.32. The molecule has 3 aromatic rings. The molecule has 3 aromatic carbocycles. The van der Waals surface area contributed by atoms with Gasteiger partial charge in [-0.2, -0.15) is 11.8 Å². The number of sulfonamides is 1. The zero-order chi connectivity index (χ0) is 23.1. The van der Waals surface area contributed by atoms with E-state index in [0.717, 1.165) is 5.56 Å². The summed E-state index contributed by atoms with van der Waals surface area (Å²) in [6.07, 6.45) is 0. The Morgan fingerprint density at radius 2 is 1.66 bits per heavy atom. The molecule has 32 heavy (non-hydrogen) atoms. The van der Waals surface area contributed by atoms with E-state index in [0.29, 0.717) is 28.1 Å². The number of thioether (sulfide) groups is 1. The topological polar surface area (TPSA) is 75.3 Å². The molecule has 3 rings (SSSR count). The van der Waals surface area contributed by atoms with Crippen LogP contribution in [0.3, 0.4) is 0 Å². The van der Waals surface area contributed by atoms with Gasteiger partial charge < -0.3 is 5.32 Å². The quantitative estimate of drug-likeness (QED) is 0.328. The number of anilines is 1. The molecule has 0 heterocycles. The maximum Gasteiger partial charge on any atom is 0.261 e. The van der Waals surface area contributed by atoms with Gasteiger partial charge in [0, 0.05) is 33.8 Å². The number of carbonyl (C=O) groups is 1. The first-order valence-corrected chi connectivity index (χ1v) is 13.2. The van der Waals surface area contributed by atoms with Gasteiger partial charge in [-0.1, -0.05) is 59.1 Å². The number of nitrogens with one attached hydrogen (secondary N) is 2. The summed E-state index contributed by atoms with van der Waals surface area (Å²) in [6.45, 7) is 0.408. The van der Waals surface area contributed by atoms with Gasteiger partial charge in [-0.15, -0.1) is 0 Å². The minimum absolute atomic E-state index is 0.124. The summed E-state index contributed by atoms with van der Waals surface area (Å²) >= 11 is 19.8. The van der Waals surface area contributed by atoms with Crippen LogP contribution < -0.4 is 10.0 Å². The number of benzene rings is 3. The van der Waals surface area contributed by atoms with Gasteiger partial charge in [-0.05, 0) is 48.0 Å². The van der Waals surface area contributed by atoms with Crippen molar-refractivity contribution in [2.45, 2.75) is 10.6 Å². The van der Waals surface area contributed by atoms with Crippen molar-refractivity contribution in [1.29, 1.82) is 0 Å². The summed E-state index contributed by atoms with van der Waals surface area (Å²) in [5, 5.41) is 4.21. The van der Waals surface area contributed by atoms with Crippen LogP contribution in [0.25, 0.3) is 0 Å². The molecule has 5 nitrogen and oxygen atoms in total. The Labute approximate surface area is 206 Å². The maximum absolute atomic E-state index is 12.6. The molecule has 0 fully saturated rings. The minimum Gasteiger partial charge on any atom is -0.351 e. The smallest absolute Gasteiger partial charge is 0.261 e. The van der Waals surface area contributed by atoms with Crippen molar-refractivity contribution < 1.29 is 13.2 Å². The van der Waals surface area contributed by atoms with Crippen molar-refractivity contribution in [1.82, 2.24) is 5.32 Å². The van der Waals surface area contributed by atoms with Crippen LogP contribution in [0, 0.1) is 0 Å². The predicted molar refractivity (Wildman–Crippen MR) is 134 cm³/mol. The fourth-order valence-electron chi connectivity index (χ4n) is 2.73. The maximum atomic E-state index is 12.6. The van der Waals surface area contributed by atoms with E-state index < -0.39 is 10.0 Å². The van der Waals surface area contributed by atoms with E-state index in [2.05, 4.69) is 10.0 Å². The lowest BCUT2D eigenvalue weighted by atomic mass is 10.2. The number of carbonyl (C=O) groups excluding carboxylic acids is 1. The van der Waals surface area contributed by atoms with Crippen LogP contribution >= 0.6 is 46.6 Å². The second-order valence-electron chi connectivity index (χ2n) is 6.66. The average Bonchev–Trinajstić information content (AvgIpc) is 2.76. The minimum atomic E-state index is -3.77. The van der Waals surface area contributed by atoms with Crippen molar-refractivity contribution >= 4 is 68.2 Å². The summed E-state index contributed by atoms with van der Waals surface area (Å²) in [5.74, 6) is 0.951. The van der Waals surface area contributed by atoms with Gasteiger partial charge in [0.2, 0.25) is 0 Å². The van der Waals surface area contributed by atoms with Crippen molar-refractivity contribution in [3.05, 3.63) is 92.9 Å². The number of halogens is 3. The Morgan fingerprint density at radius 3 is 2.38 bits per heavy atom. The van der Waals surface area contributed by atoms with Crippen LogP contribution in [0.1, 0.15) is 15.9 Å². The molecule has 0 unspecified atom stereocenters. The Hall–Kier alpha value is -1.90. The molecular weight excluding hydrogens is 511 g/mol. The monoisotopic (exact) mass is 528 g/mol. The molecule has 0 saturated carbocycles. The fraction of sp³-hybridized carbons (Fsp3) is 0.136. The van der Waals surface area contributed by atoms with Crippen molar-refractivity contribution in [3.63, 3.8) is 0 Å². The van der Waals surface area contributed by atoms with Gasteiger partial charge in [0.15, 0.2) is 0 Å². The molecule has 2 N–H and O–H groups in total. The van der Waals surface area contributed by atoms with Crippen LogP contribution in [0.15, 0.2) is 71.6 Å². The van der Waals surface area contributed by atoms with E-state index in [4.69, 9.17) is 34.8 Å². The van der Waals surface area contributed by atoms with Crippen molar-refractivity contribution in [3.8, 4) is 0 Å². The van der Waals surface area contributed by atoms with Crippen LogP contribution in [-0.4, -0.2) is 26.6 Å². The summed E-state index contributed by atoms with van der Waals surface area (Å²) in [5.41, 5.74) is 1.40. The molecule has 168 valence electrons. The van der Waals surface area contributed by atoms with E-state index in [1.807, 2.05) is 6.07 Å². The molecule has 0 aliphatic rings. The molecule has 1 amide bonds. The highest BCUT2D eigenvalue weighted by Crippen LogP contribution is 2.25. The van der Waals surface area contributed by atoms with Crippen LogP contribution in [-0.2, 0) is 15.8 Å². The highest BCUT2D eigenvalue weighted by Gasteiger charge is 2.16. The van der Waals surface area contributed by atoms with Gasteiger partial charge in [-0.25, -0.2) is 8.42 Å². The van der Waals surface area contributed by atoms with Gasteiger partial charge >= 0.3 is 0 Å². The van der Waals surface area contributed by atoms with Gasteiger partial charge in [0.25, 0.3) is 15.9 Å². The molecule has 0 atom stereocenters. The zero-order valence-corrected chi connectivity index (χ0v) is 20.5. The summed E-state index contributed by atoms with van der Waals surface area (Å²) in [4.78, 5) is 12.7. The van der Waals surface area contributed by atoms with E-state index in [9.17, 15) is 13.2 Å². The molecular formula is C22H19Cl3N2O3S2. The number of rotatable bonds is 9. The first-order chi connectivity index (χ1) is 15.3. The average molecular weight is 530 g/mol. The van der Waals surface area contributed by atoms with E-state index in [1.165, 1.54) is 30.3 Å². The SMILES string of the molecule is O=C(NCCSCc1ccc(Cl)cc1Cl)c1cc(NS(=O)(=O)c2ccccc2)ccc1Cl. The second-order valence-corrected chi connectivity index (χ2v) is 10.7. The number of hydrogen-bond donors (Lipinski definition) is 2. The van der Waals surface area contributed by atoms with Gasteiger partial charge in [0.05, 0.1) is 15.5 Å². The molecule has 0 aliphatic carbocycles. The highest BCUT2D eigenvalue weighted by molar-refractivity contribution is 7.98. The molecule has 0 saturated heterocycles. The lowest BCUT2D eigenvalue weighted by Crippen LogP contribution is -2.26. The molecule has 10 heteroatoms. The van der Waals surface area contributed by atoms with Crippen molar-refractivity contribution in [2.24, 2.45) is 0 Å². The lowest BCUT2D eigenvalue weighted by molar-refractivity contribution is 0.0956. The van der Waals surface area contributed by atoms with Crippen LogP contribution in [0.2, 0.25) is 15.1 Å². The Morgan fingerprint density at radius 1 is 0.906 bits per heavy atom. The normalized spacial score (nSPS) is 11.2. The molecule has 0 radical (unpaired) electrons. The van der Waals surface area contributed by atoms with Crippen molar-refractivity contribution in [2.75, 3.05) is 17.0 Å². The lowest BCUT2D eigenvalue weighted by Gasteiger charge is -2.11. The van der Waals surface area contributed by atoms with E-state index in [-0.39, 0.29) is 27.1 Å². The van der Waals surface area contributed by atoms with Crippen LogP contribution in [0.5, 0.6) is 0 Å². The molecule has 0 aliphatic heterocycles. The molecule has 0 spiro atoms. The first kappa shape index (κ1) is 24.7. The highest BCUT2D eigenvalue weighted by atomic mass is 35.5. The van der Waals surface area contributed by atoms with E-state index >= 15 is 0 Å². The Bertz CT molecular complexity index is 1210. The van der Waals surface area contributed by atoms with E-state index in [1.54, 1.807) is 42.1 Å². The zero-order valence-electron chi connectivity index (χ0n) is 16.6. The number of hydrogen-bond acceptors (Lipinski definition) is 4. The summed E-state index contributed by atoms with van der Waals surface area (Å²) < 4.78 is 27.5. The Kier molecular flexibility index (Phi) is 8.73. The van der Waals surface area contributed by atoms with Gasteiger partial charge in [0.1, 0.15) is 0 Å². The largest absolute Gasteiger partial charge is 0.351 e. The third kappa shape index (κ3) is 6.80.